The third-order valence-corrected chi connectivity index (χ3v) is 5.31. The molecule has 6 nitrogen and oxygen atoms in total. The van der Waals surface area contributed by atoms with E-state index in [1.54, 1.807) is 55.6 Å². The van der Waals surface area contributed by atoms with Crippen molar-refractivity contribution in [3.63, 3.8) is 0 Å². The summed E-state index contributed by atoms with van der Waals surface area (Å²) >= 11 is 1.36. The van der Waals surface area contributed by atoms with Crippen LogP contribution in [0, 0.1) is 0 Å². The second-order valence-electron chi connectivity index (χ2n) is 6.62. The van der Waals surface area contributed by atoms with Gasteiger partial charge in [0.25, 0.3) is 11.8 Å². The van der Waals surface area contributed by atoms with Crippen molar-refractivity contribution in [2.24, 2.45) is 0 Å². The summed E-state index contributed by atoms with van der Waals surface area (Å²) in [4.78, 5) is 29.3. The first kappa shape index (κ1) is 20.3. The number of hydrogen-bond acceptors (Lipinski definition) is 5. The average molecular weight is 430 g/mol. The molecule has 0 aliphatic heterocycles. The van der Waals surface area contributed by atoms with Crippen LogP contribution in [0.25, 0.3) is 11.3 Å². The fraction of sp³-hybridized carbons (Fsp3) is 0.0417. The van der Waals surface area contributed by atoms with Gasteiger partial charge in [-0.05, 0) is 60.7 Å². The summed E-state index contributed by atoms with van der Waals surface area (Å²) in [6.07, 6.45) is 0. The molecule has 7 heteroatoms. The number of carbonyl (C=O) groups excluding carboxylic acids is 2. The van der Waals surface area contributed by atoms with Gasteiger partial charge in [0.15, 0.2) is 5.13 Å². The number of ether oxygens (including phenoxy) is 1. The molecule has 4 aromatic rings. The number of methoxy groups -OCH3 is 1. The van der Waals surface area contributed by atoms with Gasteiger partial charge in [-0.2, -0.15) is 0 Å². The van der Waals surface area contributed by atoms with Crippen molar-refractivity contribution < 1.29 is 14.3 Å². The minimum atomic E-state index is -0.267. The molecular weight excluding hydrogens is 410 g/mol. The van der Waals surface area contributed by atoms with Crippen molar-refractivity contribution in [1.82, 2.24) is 4.98 Å². The molecule has 3 aromatic carbocycles. The Morgan fingerprint density at radius 1 is 0.806 bits per heavy atom. The van der Waals surface area contributed by atoms with Gasteiger partial charge in [-0.1, -0.05) is 18.2 Å². The van der Waals surface area contributed by atoms with Gasteiger partial charge in [0.05, 0.1) is 12.8 Å². The molecule has 0 atom stereocenters. The zero-order chi connectivity index (χ0) is 21.6. The smallest absolute Gasteiger partial charge is 0.257 e. The zero-order valence-electron chi connectivity index (χ0n) is 16.7. The number of hydrogen-bond donors (Lipinski definition) is 2. The lowest BCUT2D eigenvalue weighted by Crippen LogP contribution is -2.13. The number of aromatic nitrogens is 1. The summed E-state index contributed by atoms with van der Waals surface area (Å²) in [7, 11) is 1.62. The summed E-state index contributed by atoms with van der Waals surface area (Å²) in [6, 6.07) is 23.2. The quantitative estimate of drug-likeness (QED) is 0.435. The molecule has 154 valence electrons. The Morgan fingerprint density at radius 2 is 1.45 bits per heavy atom. The van der Waals surface area contributed by atoms with Crippen molar-refractivity contribution in [3.8, 4) is 17.0 Å². The summed E-state index contributed by atoms with van der Waals surface area (Å²) in [6.45, 7) is 0. The third-order valence-electron chi connectivity index (χ3n) is 4.55. The first-order chi connectivity index (χ1) is 15.1. The molecule has 0 bridgehead atoms. The van der Waals surface area contributed by atoms with Crippen molar-refractivity contribution in [1.29, 1.82) is 0 Å². The Hall–Kier alpha value is -3.97. The van der Waals surface area contributed by atoms with Gasteiger partial charge in [0, 0.05) is 27.8 Å². The molecule has 1 aromatic heterocycles. The predicted molar refractivity (Wildman–Crippen MR) is 123 cm³/mol. The maximum Gasteiger partial charge on any atom is 0.257 e. The minimum absolute atomic E-state index is 0.202. The highest BCUT2D eigenvalue weighted by Crippen LogP contribution is 2.26. The van der Waals surface area contributed by atoms with Gasteiger partial charge in [-0.15, -0.1) is 11.3 Å². The maximum atomic E-state index is 12.6. The zero-order valence-corrected chi connectivity index (χ0v) is 17.5. The number of nitrogens with one attached hydrogen (secondary N) is 2. The topological polar surface area (TPSA) is 80.3 Å². The highest BCUT2D eigenvalue weighted by atomic mass is 32.1. The van der Waals surface area contributed by atoms with Crippen LogP contribution in [0.2, 0.25) is 0 Å². The minimum Gasteiger partial charge on any atom is -0.497 e. The molecule has 2 N–H and O–H groups in total. The van der Waals surface area contributed by atoms with Crippen LogP contribution in [0.4, 0.5) is 10.8 Å². The fourth-order valence-electron chi connectivity index (χ4n) is 2.89. The molecule has 0 fully saturated rings. The van der Waals surface area contributed by atoms with E-state index >= 15 is 0 Å². The monoisotopic (exact) mass is 429 g/mol. The summed E-state index contributed by atoms with van der Waals surface area (Å²) < 4.78 is 5.17. The van der Waals surface area contributed by atoms with Gasteiger partial charge in [0.1, 0.15) is 5.75 Å². The first-order valence-corrected chi connectivity index (χ1v) is 10.4. The van der Waals surface area contributed by atoms with Crippen LogP contribution >= 0.6 is 11.3 Å². The molecule has 0 aliphatic carbocycles. The Morgan fingerprint density at radius 3 is 2.13 bits per heavy atom. The Kier molecular flexibility index (Phi) is 6.05. The lowest BCUT2D eigenvalue weighted by molar-refractivity contribution is 0.102. The Bertz CT molecular complexity index is 1190. The number of thiazole rings is 1. The largest absolute Gasteiger partial charge is 0.497 e. The molecule has 0 unspecified atom stereocenters. The standard InChI is InChI=1S/C24H19N3O3S/c1-30-20-13-9-16(10-14-20)21-15-31-24(26-21)27-23(29)18-7-11-19(12-8-18)25-22(28)17-5-3-2-4-6-17/h2-15H,1H3,(H,25,28)(H,26,27,29). The maximum absolute atomic E-state index is 12.6. The molecule has 31 heavy (non-hydrogen) atoms. The highest BCUT2D eigenvalue weighted by Gasteiger charge is 2.11. The van der Waals surface area contributed by atoms with E-state index in [0.29, 0.717) is 21.9 Å². The molecule has 0 radical (unpaired) electrons. The Balaban J connectivity index is 1.38. The summed E-state index contributed by atoms with van der Waals surface area (Å²) in [5.74, 6) is 0.305. The van der Waals surface area contributed by atoms with Crippen LogP contribution in [0.1, 0.15) is 20.7 Å². The highest BCUT2D eigenvalue weighted by molar-refractivity contribution is 7.14. The normalized spacial score (nSPS) is 10.4. The van der Waals surface area contributed by atoms with Gasteiger partial charge in [-0.3, -0.25) is 14.9 Å². The van der Waals surface area contributed by atoms with Gasteiger partial charge in [-0.25, -0.2) is 4.98 Å². The molecule has 4 rings (SSSR count). The van der Waals surface area contributed by atoms with Crippen molar-refractivity contribution in [2.75, 3.05) is 17.7 Å². The van der Waals surface area contributed by atoms with Crippen molar-refractivity contribution in [3.05, 3.63) is 95.4 Å². The second kappa shape index (κ2) is 9.23. The number of anilines is 2. The second-order valence-corrected chi connectivity index (χ2v) is 7.48. The van der Waals surface area contributed by atoms with Crippen molar-refractivity contribution >= 4 is 34.0 Å². The molecule has 2 amide bonds. The van der Waals surface area contributed by atoms with E-state index in [4.69, 9.17) is 4.74 Å². The van der Waals surface area contributed by atoms with Crippen LogP contribution in [0.15, 0.2) is 84.2 Å². The lowest BCUT2D eigenvalue weighted by Gasteiger charge is -2.06. The predicted octanol–water partition coefficient (Wildman–Crippen LogP) is 5.32. The Labute approximate surface area is 183 Å². The molecule has 0 aliphatic rings. The van der Waals surface area contributed by atoms with Crippen LogP contribution in [0.3, 0.4) is 0 Å². The van der Waals surface area contributed by atoms with Crippen LogP contribution in [-0.2, 0) is 0 Å². The van der Waals surface area contributed by atoms with E-state index in [1.165, 1.54) is 11.3 Å². The van der Waals surface area contributed by atoms with E-state index in [0.717, 1.165) is 17.0 Å². The van der Waals surface area contributed by atoms with E-state index in [9.17, 15) is 9.59 Å². The third kappa shape index (κ3) is 4.96. The molecule has 0 spiro atoms. The summed E-state index contributed by atoms with van der Waals surface area (Å²) in [5, 5.41) is 8.03. The van der Waals surface area contributed by atoms with Gasteiger partial charge >= 0.3 is 0 Å². The number of nitrogens with zero attached hydrogens (tertiary/aromatic N) is 1. The molecule has 0 saturated carbocycles. The average Bonchev–Trinajstić information content (AvgIpc) is 3.28. The number of amides is 2. The SMILES string of the molecule is COc1ccc(-c2csc(NC(=O)c3ccc(NC(=O)c4ccccc4)cc3)n2)cc1. The lowest BCUT2D eigenvalue weighted by atomic mass is 10.1. The number of rotatable bonds is 6. The molecular formula is C24H19N3O3S. The van der Waals surface area contributed by atoms with Crippen molar-refractivity contribution in [2.45, 2.75) is 0 Å². The van der Waals surface area contributed by atoms with Gasteiger partial charge < -0.3 is 10.1 Å². The number of carbonyl (C=O) groups is 2. The first-order valence-electron chi connectivity index (χ1n) is 9.50. The van der Waals surface area contributed by atoms with Gasteiger partial charge in [0.2, 0.25) is 0 Å². The van der Waals surface area contributed by atoms with Crippen LogP contribution in [-0.4, -0.2) is 23.9 Å². The van der Waals surface area contributed by atoms with E-state index in [-0.39, 0.29) is 11.8 Å². The van der Waals surface area contributed by atoms with E-state index < -0.39 is 0 Å². The summed E-state index contributed by atoms with van der Waals surface area (Å²) in [5.41, 5.74) is 3.37. The molecule has 0 saturated heterocycles. The number of benzene rings is 3. The van der Waals surface area contributed by atoms with E-state index in [2.05, 4.69) is 15.6 Å². The fourth-order valence-corrected chi connectivity index (χ4v) is 3.61. The van der Waals surface area contributed by atoms with E-state index in [1.807, 2.05) is 35.7 Å². The van der Waals surface area contributed by atoms with Crippen LogP contribution in [0.5, 0.6) is 5.75 Å². The molecule has 1 heterocycles. The van der Waals surface area contributed by atoms with Crippen LogP contribution < -0.4 is 15.4 Å².